The van der Waals surface area contributed by atoms with E-state index >= 15 is 0 Å². The SMILES string of the molecule is CCOc1ccccc1CSCCC(=O)Nc1cccc(F)c1. The van der Waals surface area contributed by atoms with Crippen LogP contribution in [-0.4, -0.2) is 18.3 Å². The number of benzene rings is 2. The number of hydrogen-bond acceptors (Lipinski definition) is 3. The highest BCUT2D eigenvalue weighted by Crippen LogP contribution is 2.23. The zero-order valence-electron chi connectivity index (χ0n) is 13.0. The quantitative estimate of drug-likeness (QED) is 0.724. The maximum atomic E-state index is 13.0. The summed E-state index contributed by atoms with van der Waals surface area (Å²) in [5, 5.41) is 2.70. The average Bonchev–Trinajstić information content (AvgIpc) is 2.53. The van der Waals surface area contributed by atoms with E-state index in [1.807, 2.05) is 31.2 Å². The Morgan fingerprint density at radius 3 is 2.83 bits per heavy atom. The van der Waals surface area contributed by atoms with Crippen LogP contribution in [-0.2, 0) is 10.5 Å². The number of carbonyl (C=O) groups is 1. The monoisotopic (exact) mass is 333 g/mol. The van der Waals surface area contributed by atoms with Gasteiger partial charge in [-0.15, -0.1) is 0 Å². The van der Waals surface area contributed by atoms with Crippen LogP contribution < -0.4 is 10.1 Å². The van der Waals surface area contributed by atoms with E-state index in [0.29, 0.717) is 24.5 Å². The van der Waals surface area contributed by atoms with Gasteiger partial charge in [0, 0.05) is 29.2 Å². The lowest BCUT2D eigenvalue weighted by Crippen LogP contribution is -2.12. The van der Waals surface area contributed by atoms with Crippen molar-refractivity contribution in [3.05, 3.63) is 59.9 Å². The Hall–Kier alpha value is -2.01. The average molecular weight is 333 g/mol. The number of rotatable bonds is 8. The first-order valence-corrected chi connectivity index (χ1v) is 8.68. The molecule has 122 valence electrons. The van der Waals surface area contributed by atoms with Crippen LogP contribution in [0.3, 0.4) is 0 Å². The summed E-state index contributed by atoms with van der Waals surface area (Å²) in [5.41, 5.74) is 1.62. The first-order chi connectivity index (χ1) is 11.2. The Kier molecular flexibility index (Phi) is 6.94. The number of hydrogen-bond donors (Lipinski definition) is 1. The molecule has 0 unspecified atom stereocenters. The van der Waals surface area contributed by atoms with Crippen LogP contribution in [0.1, 0.15) is 18.9 Å². The van der Waals surface area contributed by atoms with Crippen molar-refractivity contribution in [3.63, 3.8) is 0 Å². The van der Waals surface area contributed by atoms with Crippen molar-refractivity contribution in [1.82, 2.24) is 0 Å². The molecule has 5 heteroatoms. The summed E-state index contributed by atoms with van der Waals surface area (Å²) < 4.78 is 18.6. The molecule has 2 aromatic carbocycles. The van der Waals surface area contributed by atoms with Crippen molar-refractivity contribution in [2.24, 2.45) is 0 Å². The third-order valence-electron chi connectivity index (χ3n) is 3.11. The van der Waals surface area contributed by atoms with Gasteiger partial charge in [-0.25, -0.2) is 4.39 Å². The minimum atomic E-state index is -0.357. The number of ether oxygens (including phenoxy) is 1. The van der Waals surface area contributed by atoms with Gasteiger partial charge in [-0.3, -0.25) is 4.79 Å². The highest BCUT2D eigenvalue weighted by molar-refractivity contribution is 7.98. The summed E-state index contributed by atoms with van der Waals surface area (Å²) in [6.45, 7) is 2.60. The molecule has 0 atom stereocenters. The van der Waals surface area contributed by atoms with Crippen LogP contribution in [0.5, 0.6) is 5.75 Å². The standard InChI is InChI=1S/C18H20FNO2S/c1-2-22-17-9-4-3-6-14(17)13-23-11-10-18(21)20-16-8-5-7-15(19)12-16/h3-9,12H,2,10-11,13H2,1H3,(H,20,21). The van der Waals surface area contributed by atoms with Gasteiger partial charge in [-0.2, -0.15) is 11.8 Å². The largest absolute Gasteiger partial charge is 0.494 e. The number of thioether (sulfide) groups is 1. The number of carbonyl (C=O) groups excluding carboxylic acids is 1. The predicted molar refractivity (Wildman–Crippen MR) is 93.4 cm³/mol. The molecular weight excluding hydrogens is 313 g/mol. The molecule has 0 bridgehead atoms. The van der Waals surface area contributed by atoms with Crippen molar-refractivity contribution in [3.8, 4) is 5.75 Å². The number of amides is 1. The van der Waals surface area contributed by atoms with Crippen LogP contribution in [0.2, 0.25) is 0 Å². The Balaban J connectivity index is 1.74. The van der Waals surface area contributed by atoms with Crippen LogP contribution in [0.25, 0.3) is 0 Å². The molecule has 0 heterocycles. The van der Waals surface area contributed by atoms with Gasteiger partial charge >= 0.3 is 0 Å². The molecule has 1 amide bonds. The topological polar surface area (TPSA) is 38.3 Å². The number of anilines is 1. The fourth-order valence-corrected chi connectivity index (χ4v) is 2.99. The van der Waals surface area contributed by atoms with E-state index in [0.717, 1.165) is 17.1 Å². The van der Waals surface area contributed by atoms with Crippen LogP contribution in [0.4, 0.5) is 10.1 Å². The van der Waals surface area contributed by atoms with Gasteiger partial charge in [0.25, 0.3) is 0 Å². The van der Waals surface area contributed by atoms with Crippen LogP contribution in [0.15, 0.2) is 48.5 Å². The maximum Gasteiger partial charge on any atom is 0.225 e. The molecule has 0 aliphatic carbocycles. The maximum absolute atomic E-state index is 13.0. The molecule has 2 rings (SSSR count). The Morgan fingerprint density at radius 1 is 1.22 bits per heavy atom. The highest BCUT2D eigenvalue weighted by atomic mass is 32.2. The molecule has 0 saturated carbocycles. The molecule has 23 heavy (non-hydrogen) atoms. The second-order valence-corrected chi connectivity index (χ2v) is 6.01. The molecule has 0 spiro atoms. The van der Waals surface area contributed by atoms with Crippen LogP contribution >= 0.6 is 11.8 Å². The summed E-state index contributed by atoms with van der Waals surface area (Å²) in [7, 11) is 0. The molecular formula is C18H20FNO2S. The van der Waals surface area contributed by atoms with Gasteiger partial charge < -0.3 is 10.1 Å². The van der Waals surface area contributed by atoms with Gasteiger partial charge in [-0.05, 0) is 31.2 Å². The molecule has 0 aliphatic rings. The minimum absolute atomic E-state index is 0.110. The molecule has 2 aromatic rings. The smallest absolute Gasteiger partial charge is 0.225 e. The molecule has 0 aliphatic heterocycles. The van der Waals surface area contributed by atoms with Gasteiger partial charge in [0.1, 0.15) is 11.6 Å². The fourth-order valence-electron chi connectivity index (χ4n) is 2.06. The van der Waals surface area contributed by atoms with E-state index in [-0.39, 0.29) is 11.7 Å². The van der Waals surface area contributed by atoms with Gasteiger partial charge in [0.2, 0.25) is 5.91 Å². The summed E-state index contributed by atoms with van der Waals surface area (Å²) in [6, 6.07) is 13.8. The minimum Gasteiger partial charge on any atom is -0.494 e. The number of para-hydroxylation sites is 1. The van der Waals surface area contributed by atoms with Gasteiger partial charge in [-0.1, -0.05) is 24.3 Å². The van der Waals surface area contributed by atoms with Crippen molar-refractivity contribution >= 4 is 23.4 Å². The second kappa shape index (κ2) is 9.20. The summed E-state index contributed by atoms with van der Waals surface area (Å²) in [4.78, 5) is 11.8. The predicted octanol–water partition coefficient (Wildman–Crippen LogP) is 4.49. The lowest BCUT2D eigenvalue weighted by Gasteiger charge is -2.09. The lowest BCUT2D eigenvalue weighted by atomic mass is 10.2. The molecule has 0 aromatic heterocycles. The molecule has 0 saturated heterocycles. The summed E-state index contributed by atoms with van der Waals surface area (Å²) in [5.74, 6) is 1.92. The van der Waals surface area contributed by atoms with E-state index < -0.39 is 0 Å². The van der Waals surface area contributed by atoms with Crippen LogP contribution in [0, 0.1) is 5.82 Å². The summed E-state index contributed by atoms with van der Waals surface area (Å²) in [6.07, 6.45) is 0.387. The van der Waals surface area contributed by atoms with E-state index in [2.05, 4.69) is 5.32 Å². The van der Waals surface area contributed by atoms with E-state index in [1.54, 1.807) is 23.9 Å². The second-order valence-electron chi connectivity index (χ2n) is 4.90. The highest BCUT2D eigenvalue weighted by Gasteiger charge is 2.05. The van der Waals surface area contributed by atoms with E-state index in [1.165, 1.54) is 12.1 Å². The molecule has 1 N–H and O–H groups in total. The zero-order chi connectivity index (χ0) is 16.5. The van der Waals surface area contributed by atoms with Crippen molar-refractivity contribution in [1.29, 1.82) is 0 Å². The lowest BCUT2D eigenvalue weighted by molar-refractivity contribution is -0.115. The number of nitrogens with one attached hydrogen (secondary N) is 1. The summed E-state index contributed by atoms with van der Waals surface area (Å²) >= 11 is 1.67. The third-order valence-corrected chi connectivity index (χ3v) is 4.12. The molecule has 0 radical (unpaired) electrons. The first-order valence-electron chi connectivity index (χ1n) is 7.53. The fraction of sp³-hybridized carbons (Fsp3) is 0.278. The van der Waals surface area contributed by atoms with E-state index in [4.69, 9.17) is 4.74 Å². The normalized spacial score (nSPS) is 10.3. The van der Waals surface area contributed by atoms with Crippen molar-refractivity contribution in [2.45, 2.75) is 19.1 Å². The Labute approximate surface area is 140 Å². The van der Waals surface area contributed by atoms with Gasteiger partial charge in [0.05, 0.1) is 6.61 Å². The number of halogens is 1. The van der Waals surface area contributed by atoms with E-state index in [9.17, 15) is 9.18 Å². The van der Waals surface area contributed by atoms with Crippen molar-refractivity contribution < 1.29 is 13.9 Å². The third kappa shape index (κ3) is 5.94. The molecule has 0 fully saturated rings. The Morgan fingerprint density at radius 2 is 2.04 bits per heavy atom. The Bertz CT molecular complexity index is 648. The van der Waals surface area contributed by atoms with Crippen molar-refractivity contribution in [2.75, 3.05) is 17.7 Å². The molecule has 3 nitrogen and oxygen atoms in total. The van der Waals surface area contributed by atoms with Gasteiger partial charge in [0.15, 0.2) is 0 Å². The first kappa shape index (κ1) is 17.3. The zero-order valence-corrected chi connectivity index (χ0v) is 13.9.